The molecule has 9 heavy (non-hydrogen) atoms. The Morgan fingerprint density at radius 3 is 1.89 bits per heavy atom. The zero-order valence-corrected chi connectivity index (χ0v) is 6.27. The molecule has 2 saturated carbocycles. The van der Waals surface area contributed by atoms with Crippen molar-refractivity contribution in [2.24, 2.45) is 17.8 Å². The Kier molecular flexibility index (Phi) is 1.28. The molecular weight excluding hydrogens is 108 g/mol. The fourth-order valence-corrected chi connectivity index (χ4v) is 2.80. The Morgan fingerprint density at radius 1 is 0.889 bits per heavy atom. The Labute approximate surface area is 57.6 Å². The number of hydrogen-bond donors (Lipinski definition) is 0. The molecule has 52 valence electrons. The topological polar surface area (TPSA) is 0 Å². The Hall–Kier alpha value is 0. The molecule has 0 heteroatoms. The molecule has 0 aromatic heterocycles. The first-order valence-electron chi connectivity index (χ1n) is 4.38. The maximum atomic E-state index is 2.46. The molecule has 2 aliphatic rings. The Morgan fingerprint density at radius 2 is 1.44 bits per heavy atom. The normalized spacial score (nSPS) is 49.7. The minimum Gasteiger partial charge on any atom is -0.0620 e. The van der Waals surface area contributed by atoms with Crippen molar-refractivity contribution in [2.75, 3.05) is 0 Å². The molecule has 2 unspecified atom stereocenters. The molecule has 2 bridgehead atoms. The highest BCUT2D eigenvalue weighted by Gasteiger charge is 2.35. The number of hydrogen-bond acceptors (Lipinski definition) is 0. The van der Waals surface area contributed by atoms with Crippen LogP contribution in [0.2, 0.25) is 0 Å². The largest absolute Gasteiger partial charge is 0.0620 e. The first kappa shape index (κ1) is 5.76. The van der Waals surface area contributed by atoms with Gasteiger partial charge in [0.2, 0.25) is 0 Å². The van der Waals surface area contributed by atoms with E-state index in [2.05, 4.69) is 6.92 Å². The average Bonchev–Trinajstić information content (AvgIpc) is 2.19. The second-order valence-corrected chi connectivity index (χ2v) is 3.89. The lowest BCUT2D eigenvalue weighted by Gasteiger charge is -2.25. The molecule has 0 saturated heterocycles. The van der Waals surface area contributed by atoms with Gasteiger partial charge >= 0.3 is 0 Å². The summed E-state index contributed by atoms with van der Waals surface area (Å²) in [5.74, 6) is 3.34. The van der Waals surface area contributed by atoms with Crippen LogP contribution in [0.25, 0.3) is 0 Å². The van der Waals surface area contributed by atoms with E-state index < -0.39 is 0 Å². The smallest absolute Gasteiger partial charge is 0.0386 e. The fraction of sp³-hybridized carbons (Fsp3) is 1.00. The molecule has 3 atom stereocenters. The van der Waals surface area contributed by atoms with Crippen LogP contribution in [0.3, 0.4) is 0 Å². The van der Waals surface area contributed by atoms with Crippen molar-refractivity contribution in [2.45, 2.75) is 39.0 Å². The second-order valence-electron chi connectivity index (χ2n) is 3.89. The predicted molar refractivity (Wildman–Crippen MR) is 39.2 cm³/mol. The van der Waals surface area contributed by atoms with E-state index in [1.54, 1.807) is 12.8 Å². The lowest BCUT2D eigenvalue weighted by molar-refractivity contribution is 0.249. The Bertz CT molecular complexity index is 90.6. The van der Waals surface area contributed by atoms with Crippen LogP contribution >= 0.6 is 0 Å². The SMILES string of the molecule is CC1C2CCC[C@H]1CC2. The van der Waals surface area contributed by atoms with Crippen molar-refractivity contribution < 1.29 is 0 Å². The van der Waals surface area contributed by atoms with Crippen molar-refractivity contribution in [3.63, 3.8) is 0 Å². The van der Waals surface area contributed by atoms with E-state index in [0.717, 1.165) is 17.8 Å². The van der Waals surface area contributed by atoms with Gasteiger partial charge in [0.15, 0.2) is 0 Å². The molecule has 0 aromatic carbocycles. The predicted octanol–water partition coefficient (Wildman–Crippen LogP) is 2.83. The van der Waals surface area contributed by atoms with Crippen LogP contribution in [-0.2, 0) is 0 Å². The minimum atomic E-state index is 1.08. The standard InChI is InChI=1S/C9H16/c1-7-8-3-2-4-9(7)6-5-8/h7-9H,2-6H2,1H3/t7?,8-,9?/m0/s1. The maximum Gasteiger partial charge on any atom is -0.0386 e. The highest BCUT2D eigenvalue weighted by molar-refractivity contribution is 4.85. The van der Waals surface area contributed by atoms with E-state index >= 15 is 0 Å². The summed E-state index contributed by atoms with van der Waals surface area (Å²) >= 11 is 0. The molecule has 0 aliphatic heterocycles. The molecule has 0 heterocycles. The third-order valence-electron chi connectivity index (χ3n) is 3.55. The maximum absolute atomic E-state index is 2.46. The molecule has 0 radical (unpaired) electrons. The van der Waals surface area contributed by atoms with Crippen LogP contribution in [-0.4, -0.2) is 0 Å². The molecule has 2 fully saturated rings. The van der Waals surface area contributed by atoms with Crippen LogP contribution in [0.15, 0.2) is 0 Å². The highest BCUT2D eigenvalue weighted by atomic mass is 14.4. The van der Waals surface area contributed by atoms with Gasteiger partial charge in [0.25, 0.3) is 0 Å². The third kappa shape index (κ3) is 0.798. The van der Waals surface area contributed by atoms with E-state index in [1.807, 2.05) is 0 Å². The number of rotatable bonds is 0. The zero-order chi connectivity index (χ0) is 6.27. The van der Waals surface area contributed by atoms with E-state index in [9.17, 15) is 0 Å². The highest BCUT2D eigenvalue weighted by Crippen LogP contribution is 2.46. The monoisotopic (exact) mass is 124 g/mol. The van der Waals surface area contributed by atoms with Crippen LogP contribution < -0.4 is 0 Å². The van der Waals surface area contributed by atoms with Crippen LogP contribution in [0.1, 0.15) is 39.0 Å². The van der Waals surface area contributed by atoms with Crippen molar-refractivity contribution in [1.29, 1.82) is 0 Å². The summed E-state index contributed by atoms with van der Waals surface area (Å²) in [4.78, 5) is 0. The van der Waals surface area contributed by atoms with Gasteiger partial charge in [0, 0.05) is 0 Å². The van der Waals surface area contributed by atoms with Gasteiger partial charge in [0.1, 0.15) is 0 Å². The van der Waals surface area contributed by atoms with E-state index in [4.69, 9.17) is 0 Å². The quantitative estimate of drug-likeness (QED) is 0.466. The van der Waals surface area contributed by atoms with Gasteiger partial charge in [-0.3, -0.25) is 0 Å². The van der Waals surface area contributed by atoms with Crippen LogP contribution in [0.4, 0.5) is 0 Å². The average molecular weight is 124 g/mol. The van der Waals surface area contributed by atoms with E-state index in [-0.39, 0.29) is 0 Å². The molecule has 0 amide bonds. The summed E-state index contributed by atoms with van der Waals surface area (Å²) in [6.07, 6.45) is 7.70. The van der Waals surface area contributed by atoms with Crippen molar-refractivity contribution in [3.8, 4) is 0 Å². The molecule has 0 N–H and O–H groups in total. The van der Waals surface area contributed by atoms with E-state index in [0.29, 0.717) is 0 Å². The molecular formula is C9H16. The van der Waals surface area contributed by atoms with Crippen molar-refractivity contribution >= 4 is 0 Å². The molecule has 2 rings (SSSR count). The lowest BCUT2D eigenvalue weighted by atomic mass is 9.80. The van der Waals surface area contributed by atoms with Crippen molar-refractivity contribution in [1.82, 2.24) is 0 Å². The molecule has 0 nitrogen and oxygen atoms in total. The third-order valence-corrected chi connectivity index (χ3v) is 3.55. The summed E-state index contributed by atoms with van der Waals surface area (Å²) in [7, 11) is 0. The molecule has 2 aliphatic carbocycles. The van der Waals surface area contributed by atoms with Gasteiger partial charge in [-0.2, -0.15) is 0 Å². The van der Waals surface area contributed by atoms with Crippen LogP contribution in [0, 0.1) is 17.8 Å². The lowest BCUT2D eigenvalue weighted by Crippen LogP contribution is -2.16. The summed E-state index contributed by atoms with van der Waals surface area (Å²) < 4.78 is 0. The summed E-state index contributed by atoms with van der Waals surface area (Å²) in [5.41, 5.74) is 0. The first-order valence-corrected chi connectivity index (χ1v) is 4.38. The minimum absolute atomic E-state index is 1.08. The van der Waals surface area contributed by atoms with Crippen LogP contribution in [0.5, 0.6) is 0 Å². The zero-order valence-electron chi connectivity index (χ0n) is 6.27. The molecule has 0 spiro atoms. The second kappa shape index (κ2) is 2.00. The summed E-state index contributed by atoms with van der Waals surface area (Å²) in [5, 5.41) is 0. The summed E-state index contributed by atoms with van der Waals surface area (Å²) in [6, 6.07) is 0. The van der Waals surface area contributed by atoms with E-state index in [1.165, 1.54) is 19.3 Å². The fourth-order valence-electron chi connectivity index (χ4n) is 2.80. The van der Waals surface area contributed by atoms with Gasteiger partial charge < -0.3 is 0 Å². The Balaban J connectivity index is 2.10. The van der Waals surface area contributed by atoms with Gasteiger partial charge in [-0.25, -0.2) is 0 Å². The van der Waals surface area contributed by atoms with Gasteiger partial charge in [-0.15, -0.1) is 0 Å². The summed E-state index contributed by atoms with van der Waals surface area (Å²) in [6.45, 7) is 2.46. The van der Waals surface area contributed by atoms with Crippen molar-refractivity contribution in [3.05, 3.63) is 0 Å². The van der Waals surface area contributed by atoms with Gasteiger partial charge in [-0.05, 0) is 30.6 Å². The molecule has 0 aromatic rings. The van der Waals surface area contributed by atoms with Gasteiger partial charge in [0.05, 0.1) is 0 Å². The van der Waals surface area contributed by atoms with Gasteiger partial charge in [-0.1, -0.05) is 26.2 Å². The number of fused-ring (bicyclic) bond motifs is 2. The first-order chi connectivity index (χ1) is 4.38.